The minimum Gasteiger partial charge on any atom is -0.329 e. The van der Waals surface area contributed by atoms with E-state index >= 15 is 0 Å². The molecule has 3 aliphatic rings. The van der Waals surface area contributed by atoms with Crippen molar-refractivity contribution >= 4 is 29.4 Å². The van der Waals surface area contributed by atoms with Gasteiger partial charge in [-0.3, -0.25) is 19.7 Å². The van der Waals surface area contributed by atoms with E-state index in [0.29, 0.717) is 31.4 Å². The molecular formula is C29H32F2N4O4. The van der Waals surface area contributed by atoms with Crippen LogP contribution >= 0.6 is 0 Å². The first-order valence-electron chi connectivity index (χ1n) is 13.2. The van der Waals surface area contributed by atoms with Gasteiger partial charge < -0.3 is 15.1 Å². The lowest BCUT2D eigenvalue weighted by atomic mass is 9.74. The monoisotopic (exact) mass is 538 g/mol. The molecule has 5 amide bonds. The van der Waals surface area contributed by atoms with Gasteiger partial charge in [-0.25, -0.2) is 13.6 Å². The topological polar surface area (TPSA) is 98.8 Å². The number of imide groups is 1. The molecule has 2 aliphatic carbocycles. The molecule has 2 N–H and O–H groups in total. The number of fused-ring (bicyclic) bond motifs is 1. The van der Waals surface area contributed by atoms with Gasteiger partial charge in [0.2, 0.25) is 11.8 Å². The van der Waals surface area contributed by atoms with E-state index in [2.05, 4.69) is 10.6 Å². The summed E-state index contributed by atoms with van der Waals surface area (Å²) in [6.45, 7) is 1.51. The summed E-state index contributed by atoms with van der Waals surface area (Å²) in [7, 11) is 1.59. The third-order valence-corrected chi connectivity index (χ3v) is 8.44. The minimum absolute atomic E-state index is 0.0985. The maximum absolute atomic E-state index is 13.9. The third kappa shape index (κ3) is 5.12. The highest BCUT2D eigenvalue weighted by Crippen LogP contribution is 2.39. The molecule has 1 saturated heterocycles. The van der Waals surface area contributed by atoms with E-state index in [4.69, 9.17) is 0 Å². The van der Waals surface area contributed by atoms with Gasteiger partial charge in [0.05, 0.1) is 0 Å². The molecule has 1 spiro atoms. The van der Waals surface area contributed by atoms with Crippen LogP contribution in [0.2, 0.25) is 0 Å². The number of hydrogen-bond donors (Lipinski definition) is 2. The molecule has 0 bridgehead atoms. The number of carbonyl (C=O) groups is 4. The Morgan fingerprint density at radius 1 is 1.00 bits per heavy atom. The second kappa shape index (κ2) is 10.1. The molecule has 8 nitrogen and oxygen atoms in total. The van der Waals surface area contributed by atoms with Crippen LogP contribution in [0.1, 0.15) is 55.7 Å². The summed E-state index contributed by atoms with van der Waals surface area (Å²) in [4.78, 5) is 54.2. The van der Waals surface area contributed by atoms with Crippen molar-refractivity contribution < 1.29 is 28.0 Å². The molecule has 10 heteroatoms. The summed E-state index contributed by atoms with van der Waals surface area (Å²) in [6, 6.07) is 8.00. The first kappa shape index (κ1) is 26.8. The van der Waals surface area contributed by atoms with Crippen molar-refractivity contribution in [3.05, 3.63) is 64.7 Å². The van der Waals surface area contributed by atoms with E-state index in [1.54, 1.807) is 19.2 Å². The summed E-state index contributed by atoms with van der Waals surface area (Å²) >= 11 is 0. The van der Waals surface area contributed by atoms with Crippen LogP contribution in [-0.4, -0.2) is 52.7 Å². The minimum atomic E-state index is -0.971. The van der Waals surface area contributed by atoms with Gasteiger partial charge in [0, 0.05) is 43.6 Å². The molecule has 1 aliphatic heterocycles. The molecule has 206 valence electrons. The first-order chi connectivity index (χ1) is 18.5. The number of rotatable bonds is 6. The average molecular weight is 539 g/mol. The van der Waals surface area contributed by atoms with Gasteiger partial charge >= 0.3 is 6.03 Å². The van der Waals surface area contributed by atoms with Crippen LogP contribution in [0.3, 0.4) is 0 Å². The smallest absolute Gasteiger partial charge is 0.324 e. The summed E-state index contributed by atoms with van der Waals surface area (Å²) in [5, 5.41) is 5.19. The second-order valence-corrected chi connectivity index (χ2v) is 11.3. The number of nitrogens with one attached hydrogen (secondary N) is 2. The Bertz CT molecular complexity index is 1340. The van der Waals surface area contributed by atoms with Crippen LogP contribution in [0, 0.1) is 17.0 Å². The van der Waals surface area contributed by atoms with E-state index in [-0.39, 0.29) is 30.5 Å². The Labute approximate surface area is 225 Å². The van der Waals surface area contributed by atoms with Gasteiger partial charge in [-0.05, 0) is 53.8 Å². The normalized spacial score (nSPS) is 21.6. The Morgan fingerprint density at radius 2 is 1.67 bits per heavy atom. The molecule has 1 heterocycles. The van der Waals surface area contributed by atoms with Gasteiger partial charge in [0.25, 0.3) is 5.91 Å². The number of urea groups is 1. The number of hydrogen-bond acceptors (Lipinski definition) is 4. The highest BCUT2D eigenvalue weighted by atomic mass is 19.1. The fraction of sp³-hybridized carbons (Fsp3) is 0.448. The fourth-order valence-corrected chi connectivity index (χ4v) is 6.20. The van der Waals surface area contributed by atoms with Crippen molar-refractivity contribution in [3.8, 4) is 0 Å². The zero-order chi connectivity index (χ0) is 27.9. The van der Waals surface area contributed by atoms with Crippen molar-refractivity contribution in [2.75, 3.05) is 18.9 Å². The van der Waals surface area contributed by atoms with Gasteiger partial charge in [-0.15, -0.1) is 0 Å². The highest BCUT2D eigenvalue weighted by molar-refractivity contribution is 6.07. The Morgan fingerprint density at radius 3 is 2.31 bits per heavy atom. The molecule has 0 unspecified atom stereocenters. The van der Waals surface area contributed by atoms with Crippen LogP contribution in [-0.2, 0) is 33.8 Å². The largest absolute Gasteiger partial charge is 0.329 e. The van der Waals surface area contributed by atoms with Crippen LogP contribution in [0.4, 0.5) is 19.3 Å². The zero-order valence-electron chi connectivity index (χ0n) is 22.1. The Hall–Kier alpha value is -3.82. The number of amides is 5. The number of carbonyl (C=O) groups excluding carboxylic acids is 4. The van der Waals surface area contributed by atoms with Gasteiger partial charge in [0.1, 0.15) is 23.7 Å². The van der Waals surface area contributed by atoms with Crippen molar-refractivity contribution in [1.82, 2.24) is 15.1 Å². The summed E-state index contributed by atoms with van der Waals surface area (Å²) in [5.41, 5.74) is 0.918. The fourth-order valence-electron chi connectivity index (χ4n) is 6.20. The van der Waals surface area contributed by atoms with E-state index in [1.807, 2.05) is 13.0 Å². The third-order valence-electron chi connectivity index (χ3n) is 8.44. The molecular weight excluding hydrogens is 506 g/mol. The summed E-state index contributed by atoms with van der Waals surface area (Å²) in [5.74, 6) is -2.48. The maximum atomic E-state index is 13.9. The second-order valence-electron chi connectivity index (χ2n) is 11.3. The van der Waals surface area contributed by atoms with Crippen LogP contribution in [0.15, 0.2) is 36.4 Å². The van der Waals surface area contributed by atoms with E-state index in [0.717, 1.165) is 36.5 Å². The molecule has 0 radical (unpaired) electrons. The molecule has 5 rings (SSSR count). The highest BCUT2D eigenvalue weighted by Gasteiger charge is 2.54. The number of likely N-dealkylation sites (N-methyl/N-ethyl adjacent to an activating group) is 1. The predicted octanol–water partition coefficient (Wildman–Crippen LogP) is 3.92. The van der Waals surface area contributed by atoms with E-state index in [9.17, 15) is 28.0 Å². The molecule has 2 aromatic rings. The van der Waals surface area contributed by atoms with Crippen molar-refractivity contribution in [1.29, 1.82) is 0 Å². The molecule has 2 fully saturated rings. The molecule has 2 aromatic carbocycles. The quantitative estimate of drug-likeness (QED) is 0.545. The van der Waals surface area contributed by atoms with E-state index in [1.165, 1.54) is 21.9 Å². The molecule has 0 aromatic heterocycles. The average Bonchev–Trinajstić information content (AvgIpc) is 3.35. The Kier molecular flexibility index (Phi) is 6.90. The summed E-state index contributed by atoms with van der Waals surface area (Å²) in [6.07, 6.45) is 4.96. The lowest BCUT2D eigenvalue weighted by molar-refractivity contribution is -0.145. The van der Waals surface area contributed by atoms with Crippen molar-refractivity contribution in [2.24, 2.45) is 5.41 Å². The van der Waals surface area contributed by atoms with E-state index < -0.39 is 34.5 Å². The van der Waals surface area contributed by atoms with Crippen molar-refractivity contribution in [3.63, 3.8) is 0 Å². The lowest BCUT2D eigenvalue weighted by Crippen LogP contribution is -2.48. The zero-order valence-corrected chi connectivity index (χ0v) is 22.1. The molecule has 1 saturated carbocycles. The van der Waals surface area contributed by atoms with Crippen molar-refractivity contribution in [2.45, 2.75) is 64.0 Å². The van der Waals surface area contributed by atoms with Crippen LogP contribution in [0.25, 0.3) is 0 Å². The van der Waals surface area contributed by atoms with Gasteiger partial charge in [-0.2, -0.15) is 0 Å². The summed E-state index contributed by atoms with van der Waals surface area (Å²) < 4.78 is 27.8. The predicted molar refractivity (Wildman–Crippen MR) is 139 cm³/mol. The SMILES string of the molecule is CN1C(=O)NC(=O)[C@@]12Cc1ccc(NC(=O)CN(Cc3cc(F)cc(F)c3)C(=O)C3(C)CCCCC3)cc1C2. The number of benzene rings is 2. The van der Waals surface area contributed by atoms with Gasteiger partial charge in [-0.1, -0.05) is 32.3 Å². The Balaban J connectivity index is 1.33. The first-order valence-corrected chi connectivity index (χ1v) is 13.2. The lowest BCUT2D eigenvalue weighted by Gasteiger charge is -2.37. The van der Waals surface area contributed by atoms with Gasteiger partial charge in [0.15, 0.2) is 0 Å². The molecule has 39 heavy (non-hydrogen) atoms. The number of halogens is 2. The maximum Gasteiger partial charge on any atom is 0.324 e. The number of anilines is 1. The molecule has 1 atom stereocenters. The number of nitrogens with zero attached hydrogens (tertiary/aromatic N) is 2. The van der Waals surface area contributed by atoms with Crippen LogP contribution in [0.5, 0.6) is 0 Å². The van der Waals surface area contributed by atoms with Crippen LogP contribution < -0.4 is 10.6 Å². The standard InChI is InChI=1S/C29H32F2N4O4/c1-28(8-4-3-5-9-28)26(38)35(16-18-10-21(30)13-22(31)11-18)17-24(36)32-23-7-6-19-14-29(15-20(19)12-23)25(37)33-27(39)34(29)2/h6-7,10-13H,3-5,8-9,14-17H2,1-2H3,(H,32,36)(H,33,37,39)/t29-/m0/s1.